The number of aromatic nitrogens is 1. The van der Waals surface area contributed by atoms with Crippen molar-refractivity contribution in [2.24, 2.45) is 4.99 Å². The van der Waals surface area contributed by atoms with Gasteiger partial charge >= 0.3 is 0 Å². The van der Waals surface area contributed by atoms with Gasteiger partial charge in [0, 0.05) is 13.2 Å². The Morgan fingerprint density at radius 2 is 1.96 bits per heavy atom. The van der Waals surface area contributed by atoms with Gasteiger partial charge in [-0.25, -0.2) is 4.99 Å². The summed E-state index contributed by atoms with van der Waals surface area (Å²) >= 11 is 1.26. The molecule has 0 bridgehead atoms. The van der Waals surface area contributed by atoms with Gasteiger partial charge in [-0.05, 0) is 47.7 Å². The maximum absolute atomic E-state index is 12.5. The number of rotatable bonds is 4. The highest BCUT2D eigenvalue weighted by Crippen LogP contribution is 2.39. The maximum atomic E-state index is 12.5. The van der Waals surface area contributed by atoms with Gasteiger partial charge in [-0.3, -0.25) is 14.7 Å². The van der Waals surface area contributed by atoms with Crippen molar-refractivity contribution in [3.63, 3.8) is 0 Å². The minimum absolute atomic E-state index is 0.0847. The van der Waals surface area contributed by atoms with Crippen LogP contribution in [-0.4, -0.2) is 47.3 Å². The lowest BCUT2D eigenvalue weighted by Gasteiger charge is -2.09. The SMILES string of the molecule is COc1cc(/C=C2\SC(=Nc3cccnc3)N(C)C2=O)cc(OC)c1O. The van der Waals surface area contributed by atoms with Crippen LogP contribution in [0.15, 0.2) is 46.6 Å². The van der Waals surface area contributed by atoms with Crippen molar-refractivity contribution in [1.82, 2.24) is 9.88 Å². The molecule has 1 N–H and O–H groups in total. The molecule has 26 heavy (non-hydrogen) atoms. The molecule has 2 aromatic rings. The predicted molar refractivity (Wildman–Crippen MR) is 101 cm³/mol. The third-order valence-corrected chi connectivity index (χ3v) is 4.73. The smallest absolute Gasteiger partial charge is 0.266 e. The van der Waals surface area contributed by atoms with E-state index < -0.39 is 0 Å². The summed E-state index contributed by atoms with van der Waals surface area (Å²) in [7, 11) is 4.57. The summed E-state index contributed by atoms with van der Waals surface area (Å²) in [5.41, 5.74) is 1.34. The predicted octanol–water partition coefficient (Wildman–Crippen LogP) is 3.04. The van der Waals surface area contributed by atoms with Crippen molar-refractivity contribution >= 4 is 34.6 Å². The van der Waals surface area contributed by atoms with Crippen molar-refractivity contribution in [3.8, 4) is 17.2 Å². The largest absolute Gasteiger partial charge is 0.502 e. The highest BCUT2D eigenvalue weighted by molar-refractivity contribution is 8.18. The Morgan fingerprint density at radius 1 is 1.27 bits per heavy atom. The molecule has 1 fully saturated rings. The number of ether oxygens (including phenoxy) is 2. The van der Waals surface area contributed by atoms with E-state index in [0.717, 1.165) is 0 Å². The van der Waals surface area contributed by atoms with E-state index in [0.29, 0.717) is 21.3 Å². The van der Waals surface area contributed by atoms with Gasteiger partial charge in [-0.1, -0.05) is 0 Å². The second kappa shape index (κ2) is 7.49. The number of methoxy groups -OCH3 is 2. The van der Waals surface area contributed by atoms with Gasteiger partial charge in [-0.2, -0.15) is 0 Å². The number of amides is 1. The van der Waals surface area contributed by atoms with Gasteiger partial charge in [0.05, 0.1) is 31.0 Å². The lowest BCUT2D eigenvalue weighted by molar-refractivity contribution is -0.121. The monoisotopic (exact) mass is 371 g/mol. The summed E-state index contributed by atoms with van der Waals surface area (Å²) in [6, 6.07) is 6.87. The molecule has 7 nitrogen and oxygen atoms in total. The van der Waals surface area contributed by atoms with Crippen molar-refractivity contribution in [2.45, 2.75) is 0 Å². The fourth-order valence-electron chi connectivity index (χ4n) is 2.33. The zero-order valence-electron chi connectivity index (χ0n) is 14.5. The number of benzene rings is 1. The molecule has 1 saturated heterocycles. The number of phenols is 1. The molecule has 3 rings (SSSR count). The number of pyridine rings is 1. The Labute approximate surface area is 155 Å². The summed E-state index contributed by atoms with van der Waals surface area (Å²) in [5, 5.41) is 10.6. The first-order chi connectivity index (χ1) is 12.5. The second-order valence-corrected chi connectivity index (χ2v) is 6.36. The van der Waals surface area contributed by atoms with Crippen LogP contribution in [-0.2, 0) is 4.79 Å². The zero-order chi connectivity index (χ0) is 18.7. The first-order valence-electron chi connectivity index (χ1n) is 7.64. The number of aliphatic imine (C=N–C) groups is 1. The molecule has 134 valence electrons. The number of carbonyl (C=O) groups is 1. The zero-order valence-corrected chi connectivity index (χ0v) is 15.3. The highest BCUT2D eigenvalue weighted by atomic mass is 32.2. The topological polar surface area (TPSA) is 84.3 Å². The summed E-state index contributed by atoms with van der Waals surface area (Å²) < 4.78 is 10.3. The van der Waals surface area contributed by atoms with E-state index in [2.05, 4.69) is 9.98 Å². The Bertz CT molecular complexity index is 872. The van der Waals surface area contributed by atoms with Crippen LogP contribution in [0, 0.1) is 0 Å². The molecule has 1 aliphatic rings. The molecular weight excluding hydrogens is 354 g/mol. The van der Waals surface area contributed by atoms with Gasteiger partial charge in [0.25, 0.3) is 5.91 Å². The van der Waals surface area contributed by atoms with E-state index in [1.54, 1.807) is 43.7 Å². The van der Waals surface area contributed by atoms with E-state index in [4.69, 9.17) is 9.47 Å². The summed E-state index contributed by atoms with van der Waals surface area (Å²) in [6.45, 7) is 0. The average molecular weight is 371 g/mol. The Morgan fingerprint density at radius 3 is 2.54 bits per heavy atom. The van der Waals surface area contributed by atoms with Gasteiger partial charge < -0.3 is 14.6 Å². The third kappa shape index (κ3) is 3.50. The van der Waals surface area contributed by atoms with E-state index in [1.165, 1.54) is 30.9 Å². The van der Waals surface area contributed by atoms with Crippen LogP contribution in [0.2, 0.25) is 0 Å². The molecule has 0 saturated carbocycles. The van der Waals surface area contributed by atoms with Crippen molar-refractivity contribution < 1.29 is 19.4 Å². The Kier molecular flexibility index (Phi) is 5.13. The minimum atomic E-state index is -0.163. The Hall–Kier alpha value is -3.00. The lowest BCUT2D eigenvalue weighted by Crippen LogP contribution is -2.23. The van der Waals surface area contributed by atoms with Gasteiger partial charge in [0.1, 0.15) is 0 Å². The summed E-state index contributed by atoms with van der Waals surface area (Å²) in [5.74, 6) is 0.288. The number of likely N-dealkylation sites (N-methyl/N-ethyl adjacent to an activating group) is 1. The molecule has 0 radical (unpaired) electrons. The first-order valence-corrected chi connectivity index (χ1v) is 8.46. The number of carbonyl (C=O) groups excluding carboxylic acids is 1. The molecule has 1 amide bonds. The van der Waals surface area contributed by atoms with Gasteiger partial charge in [0.15, 0.2) is 16.7 Å². The molecule has 1 aliphatic heterocycles. The molecule has 0 spiro atoms. The fourth-order valence-corrected chi connectivity index (χ4v) is 3.32. The van der Waals surface area contributed by atoms with Crippen LogP contribution < -0.4 is 9.47 Å². The summed E-state index contributed by atoms with van der Waals surface area (Å²) in [4.78, 5) is 23.0. The van der Waals surface area contributed by atoms with E-state index in [-0.39, 0.29) is 23.2 Å². The number of nitrogens with zero attached hydrogens (tertiary/aromatic N) is 3. The van der Waals surface area contributed by atoms with E-state index >= 15 is 0 Å². The molecule has 0 atom stereocenters. The fraction of sp³-hybridized carbons (Fsp3) is 0.167. The first kappa shape index (κ1) is 17.8. The van der Waals surface area contributed by atoms with Crippen LogP contribution >= 0.6 is 11.8 Å². The van der Waals surface area contributed by atoms with Gasteiger partial charge in [-0.15, -0.1) is 0 Å². The standard InChI is InChI=1S/C18H17N3O4S/c1-21-17(23)15(26-18(21)20-12-5-4-6-19-10-12)9-11-7-13(24-2)16(22)14(8-11)25-3/h4-10,22H,1-3H3/b15-9-,20-18?. The normalized spacial score (nSPS) is 17.2. The van der Waals surface area contributed by atoms with Crippen LogP contribution in [0.1, 0.15) is 5.56 Å². The molecule has 1 aromatic heterocycles. The second-order valence-electron chi connectivity index (χ2n) is 5.35. The maximum Gasteiger partial charge on any atom is 0.266 e. The highest BCUT2D eigenvalue weighted by Gasteiger charge is 2.30. The van der Waals surface area contributed by atoms with Crippen LogP contribution in [0.4, 0.5) is 5.69 Å². The third-order valence-electron chi connectivity index (χ3n) is 3.67. The average Bonchev–Trinajstić information content (AvgIpc) is 2.91. The number of hydrogen-bond acceptors (Lipinski definition) is 7. The number of hydrogen-bond donors (Lipinski definition) is 1. The number of aromatic hydroxyl groups is 1. The van der Waals surface area contributed by atoms with Crippen LogP contribution in [0.3, 0.4) is 0 Å². The quantitative estimate of drug-likeness (QED) is 0.832. The number of thioether (sulfide) groups is 1. The molecule has 8 heteroatoms. The van der Waals surface area contributed by atoms with Gasteiger partial charge in [0.2, 0.25) is 5.75 Å². The van der Waals surface area contributed by atoms with Crippen LogP contribution in [0.5, 0.6) is 17.2 Å². The van der Waals surface area contributed by atoms with Crippen molar-refractivity contribution in [2.75, 3.05) is 21.3 Å². The molecule has 2 heterocycles. The Balaban J connectivity index is 1.95. The van der Waals surface area contributed by atoms with E-state index in [9.17, 15) is 9.90 Å². The van der Waals surface area contributed by atoms with Crippen molar-refractivity contribution in [3.05, 3.63) is 47.1 Å². The number of phenolic OH excluding ortho intramolecular Hbond substituents is 1. The minimum Gasteiger partial charge on any atom is -0.502 e. The van der Waals surface area contributed by atoms with Crippen LogP contribution in [0.25, 0.3) is 6.08 Å². The summed E-state index contributed by atoms with van der Waals surface area (Å²) in [6.07, 6.45) is 5.00. The molecule has 0 unspecified atom stereocenters. The van der Waals surface area contributed by atoms with E-state index in [1.807, 2.05) is 6.07 Å². The molecule has 1 aromatic carbocycles. The van der Waals surface area contributed by atoms with Crippen molar-refractivity contribution in [1.29, 1.82) is 0 Å². The molecular formula is C18H17N3O4S. The lowest BCUT2D eigenvalue weighted by atomic mass is 10.1. The molecule has 0 aliphatic carbocycles. The number of amidine groups is 1.